The molecule has 3 rings (SSSR count). The van der Waals surface area contributed by atoms with Crippen molar-refractivity contribution < 1.29 is 0 Å². The van der Waals surface area contributed by atoms with Crippen LogP contribution in [0.1, 0.15) is 29.2 Å². The molecule has 1 saturated carbocycles. The van der Waals surface area contributed by atoms with E-state index in [1.54, 1.807) is 16.0 Å². The molecule has 2 heterocycles. The van der Waals surface area contributed by atoms with Gasteiger partial charge >= 0.3 is 0 Å². The van der Waals surface area contributed by atoms with Gasteiger partial charge in [-0.3, -0.25) is 0 Å². The van der Waals surface area contributed by atoms with Gasteiger partial charge in [0.15, 0.2) is 0 Å². The molecule has 96 valence electrons. The predicted molar refractivity (Wildman–Crippen MR) is 71.4 cm³/mol. The van der Waals surface area contributed by atoms with Crippen LogP contribution in [-0.4, -0.2) is 26.0 Å². The van der Waals surface area contributed by atoms with Gasteiger partial charge in [-0.25, -0.2) is 4.68 Å². The molecule has 18 heavy (non-hydrogen) atoms. The Hall–Kier alpha value is -0.980. The van der Waals surface area contributed by atoms with E-state index in [4.69, 9.17) is 11.6 Å². The highest BCUT2D eigenvalue weighted by Gasteiger charge is 2.21. The molecule has 5 nitrogen and oxygen atoms in total. The van der Waals surface area contributed by atoms with E-state index in [2.05, 4.69) is 20.6 Å². The monoisotopic (exact) mass is 283 g/mol. The van der Waals surface area contributed by atoms with Gasteiger partial charge in [0, 0.05) is 6.04 Å². The zero-order chi connectivity index (χ0) is 12.7. The lowest BCUT2D eigenvalue weighted by molar-refractivity contribution is 0.678. The van der Waals surface area contributed by atoms with Crippen LogP contribution in [0.5, 0.6) is 0 Å². The Labute approximate surface area is 114 Å². The van der Waals surface area contributed by atoms with E-state index in [0.717, 1.165) is 28.1 Å². The van der Waals surface area contributed by atoms with Crippen molar-refractivity contribution in [1.29, 1.82) is 0 Å². The summed E-state index contributed by atoms with van der Waals surface area (Å²) in [5.74, 6) is 0. The van der Waals surface area contributed by atoms with Crippen LogP contribution in [0.3, 0.4) is 0 Å². The van der Waals surface area contributed by atoms with Crippen molar-refractivity contribution in [3.8, 4) is 5.13 Å². The van der Waals surface area contributed by atoms with Gasteiger partial charge in [0.05, 0.1) is 23.0 Å². The minimum absolute atomic E-state index is 0.681. The number of nitrogens with zero attached hydrogens (tertiary/aromatic N) is 4. The van der Waals surface area contributed by atoms with E-state index in [1.165, 1.54) is 12.8 Å². The second-order valence-corrected chi connectivity index (χ2v) is 5.95. The number of aryl methyl sites for hydroxylation is 1. The molecule has 1 fully saturated rings. The minimum Gasteiger partial charge on any atom is -0.308 e. The van der Waals surface area contributed by atoms with Crippen molar-refractivity contribution in [2.45, 2.75) is 39.3 Å². The molecule has 0 saturated heterocycles. The summed E-state index contributed by atoms with van der Waals surface area (Å²) in [6.45, 7) is 4.61. The van der Waals surface area contributed by atoms with Gasteiger partial charge in [0.2, 0.25) is 5.13 Å². The fourth-order valence-electron chi connectivity index (χ4n) is 1.73. The lowest BCUT2D eigenvalue weighted by atomic mass is 10.4. The van der Waals surface area contributed by atoms with Crippen molar-refractivity contribution in [3.05, 3.63) is 21.4 Å². The summed E-state index contributed by atoms with van der Waals surface area (Å²) in [5.41, 5.74) is 1.73. The predicted octanol–water partition coefficient (Wildman–Crippen LogP) is 2.25. The van der Waals surface area contributed by atoms with Crippen LogP contribution < -0.4 is 5.32 Å². The van der Waals surface area contributed by atoms with Crippen molar-refractivity contribution in [1.82, 2.24) is 25.3 Å². The Kier molecular flexibility index (Phi) is 3.09. The molecular formula is C11H14ClN5S. The van der Waals surface area contributed by atoms with Crippen LogP contribution in [-0.2, 0) is 6.54 Å². The molecule has 0 unspecified atom stereocenters. The summed E-state index contributed by atoms with van der Waals surface area (Å²) in [5, 5.41) is 18.6. The van der Waals surface area contributed by atoms with Crippen molar-refractivity contribution in [2.24, 2.45) is 0 Å². The van der Waals surface area contributed by atoms with Crippen LogP contribution in [0, 0.1) is 13.8 Å². The smallest absolute Gasteiger partial charge is 0.233 e. The summed E-state index contributed by atoms with van der Waals surface area (Å²) in [7, 11) is 0. The van der Waals surface area contributed by atoms with Crippen LogP contribution in [0.2, 0.25) is 5.02 Å². The summed E-state index contributed by atoms with van der Waals surface area (Å²) < 4.78 is 1.76. The molecule has 0 radical (unpaired) electrons. The largest absolute Gasteiger partial charge is 0.308 e. The highest BCUT2D eigenvalue weighted by Crippen LogP contribution is 2.24. The van der Waals surface area contributed by atoms with E-state index in [0.29, 0.717) is 11.1 Å². The Morgan fingerprint density at radius 2 is 2.17 bits per heavy atom. The first-order chi connectivity index (χ1) is 8.65. The number of halogens is 1. The molecule has 0 bridgehead atoms. The van der Waals surface area contributed by atoms with E-state index in [-0.39, 0.29) is 0 Å². The maximum Gasteiger partial charge on any atom is 0.233 e. The number of hydrogen-bond acceptors (Lipinski definition) is 5. The van der Waals surface area contributed by atoms with Gasteiger partial charge in [-0.2, -0.15) is 5.10 Å². The Balaban J connectivity index is 1.80. The topological polar surface area (TPSA) is 55.6 Å². The SMILES string of the molecule is Cc1nn(-c2nnc(CNC3CC3)s2)c(C)c1Cl. The molecule has 1 aliphatic rings. The second-order valence-electron chi connectivity index (χ2n) is 4.53. The first kappa shape index (κ1) is 12.1. The lowest BCUT2D eigenvalue weighted by Gasteiger charge is -1.97. The van der Waals surface area contributed by atoms with Crippen LogP contribution in [0.15, 0.2) is 0 Å². The van der Waals surface area contributed by atoms with Gasteiger partial charge in [0.1, 0.15) is 5.01 Å². The van der Waals surface area contributed by atoms with Crippen LogP contribution >= 0.6 is 22.9 Å². The average Bonchev–Trinajstić information content (AvgIpc) is 3.02. The molecule has 2 aromatic heterocycles. The fourth-order valence-corrected chi connectivity index (χ4v) is 2.64. The van der Waals surface area contributed by atoms with Gasteiger partial charge in [-0.05, 0) is 26.7 Å². The molecular weight excluding hydrogens is 270 g/mol. The zero-order valence-corrected chi connectivity index (χ0v) is 11.8. The van der Waals surface area contributed by atoms with Gasteiger partial charge < -0.3 is 5.32 Å². The minimum atomic E-state index is 0.681. The number of nitrogens with one attached hydrogen (secondary N) is 1. The van der Waals surface area contributed by atoms with E-state index < -0.39 is 0 Å². The third-order valence-electron chi connectivity index (χ3n) is 2.96. The molecule has 0 spiro atoms. The quantitative estimate of drug-likeness (QED) is 0.935. The zero-order valence-electron chi connectivity index (χ0n) is 10.3. The molecule has 2 aromatic rings. The van der Waals surface area contributed by atoms with E-state index in [9.17, 15) is 0 Å². The molecule has 7 heteroatoms. The normalized spacial score (nSPS) is 15.3. The van der Waals surface area contributed by atoms with Gasteiger partial charge in [-0.1, -0.05) is 22.9 Å². The second kappa shape index (κ2) is 4.60. The molecule has 1 N–H and O–H groups in total. The highest BCUT2D eigenvalue weighted by molar-refractivity contribution is 7.13. The Bertz CT molecular complexity index is 572. The third kappa shape index (κ3) is 2.28. The molecule has 0 aromatic carbocycles. The van der Waals surface area contributed by atoms with Crippen molar-refractivity contribution in [2.75, 3.05) is 0 Å². The maximum atomic E-state index is 6.13. The molecule has 0 atom stereocenters. The van der Waals surface area contributed by atoms with E-state index >= 15 is 0 Å². The van der Waals surface area contributed by atoms with Crippen molar-refractivity contribution >= 4 is 22.9 Å². The Morgan fingerprint density at radius 1 is 1.39 bits per heavy atom. The average molecular weight is 284 g/mol. The van der Waals surface area contributed by atoms with Gasteiger partial charge in [0.25, 0.3) is 0 Å². The van der Waals surface area contributed by atoms with Crippen LogP contribution in [0.25, 0.3) is 5.13 Å². The Morgan fingerprint density at radius 3 is 2.78 bits per heavy atom. The lowest BCUT2D eigenvalue weighted by Crippen LogP contribution is -2.14. The number of rotatable bonds is 4. The van der Waals surface area contributed by atoms with Gasteiger partial charge in [-0.15, -0.1) is 10.2 Å². The van der Waals surface area contributed by atoms with E-state index in [1.807, 2.05) is 13.8 Å². The first-order valence-corrected chi connectivity index (χ1v) is 7.12. The summed E-state index contributed by atoms with van der Waals surface area (Å²) in [6, 6.07) is 0.681. The summed E-state index contributed by atoms with van der Waals surface area (Å²) in [6.07, 6.45) is 2.55. The third-order valence-corrected chi connectivity index (χ3v) is 4.41. The number of hydrogen-bond donors (Lipinski definition) is 1. The molecule has 0 aliphatic heterocycles. The highest BCUT2D eigenvalue weighted by atomic mass is 35.5. The standard InChI is InChI=1S/C11H14ClN5S/c1-6-10(12)7(2)17(16-6)11-15-14-9(18-11)5-13-8-3-4-8/h8,13H,3-5H2,1-2H3. The maximum absolute atomic E-state index is 6.13. The summed E-state index contributed by atoms with van der Waals surface area (Å²) in [4.78, 5) is 0. The molecule has 1 aliphatic carbocycles. The molecule has 0 amide bonds. The number of aromatic nitrogens is 4. The first-order valence-electron chi connectivity index (χ1n) is 5.93. The van der Waals surface area contributed by atoms with Crippen LogP contribution in [0.4, 0.5) is 0 Å². The fraction of sp³-hybridized carbons (Fsp3) is 0.545. The van der Waals surface area contributed by atoms with Crippen molar-refractivity contribution in [3.63, 3.8) is 0 Å². The summed E-state index contributed by atoms with van der Waals surface area (Å²) >= 11 is 7.68.